The van der Waals surface area contributed by atoms with Gasteiger partial charge in [-0.2, -0.15) is 0 Å². The van der Waals surface area contributed by atoms with Crippen LogP contribution in [0.25, 0.3) is 0 Å². The normalized spacial score (nSPS) is 23.5. The Morgan fingerprint density at radius 1 is 1.46 bits per heavy atom. The third kappa shape index (κ3) is 6.43. The highest BCUT2D eigenvalue weighted by atomic mass is 35.5. The van der Waals surface area contributed by atoms with Crippen LogP contribution < -0.4 is 5.32 Å². The lowest BCUT2D eigenvalue weighted by molar-refractivity contribution is 0.0747. The van der Waals surface area contributed by atoms with Crippen molar-refractivity contribution in [3.05, 3.63) is 0 Å². The van der Waals surface area contributed by atoms with Gasteiger partial charge >= 0.3 is 0 Å². The number of nitrogens with zero attached hydrogens (tertiary/aromatic N) is 1. The van der Waals surface area contributed by atoms with Crippen LogP contribution in [0.3, 0.4) is 0 Å². The Hall–Kier alpha value is 0.360. The fourth-order valence-electron chi connectivity index (χ4n) is 1.37. The number of nitrogens with one attached hydrogen (secondary N) is 1. The van der Waals surface area contributed by atoms with Crippen molar-refractivity contribution in [1.82, 2.24) is 10.2 Å². The fraction of sp³-hybridized carbons (Fsp3) is 1.00. The molecule has 82 valence electrons. The summed E-state index contributed by atoms with van der Waals surface area (Å²) < 4.78 is 23.8. The van der Waals surface area contributed by atoms with E-state index < -0.39 is 6.43 Å². The van der Waals surface area contributed by atoms with Gasteiger partial charge in [0.25, 0.3) is 6.43 Å². The zero-order valence-electron chi connectivity index (χ0n) is 7.50. The van der Waals surface area contributed by atoms with Gasteiger partial charge in [0.05, 0.1) is 6.54 Å². The minimum absolute atomic E-state index is 0. The molecule has 1 N–H and O–H groups in total. The molecule has 0 amide bonds. The average Bonchev–Trinajstić information content (AvgIpc) is 1.85. The summed E-state index contributed by atoms with van der Waals surface area (Å²) in [5.41, 5.74) is 0. The Bertz CT molecular complexity index is 125. The smallest absolute Gasteiger partial charge is 0.251 e. The highest BCUT2D eigenvalue weighted by Gasteiger charge is 2.18. The SMILES string of the molecule is C[C@H]1CN(CC(F)F)CCN1.Cl.Cl. The standard InChI is InChI=1S/C7H14F2N2.2ClH/c1-6-4-11(3-2-10-6)5-7(8)9;;/h6-7,10H,2-5H2,1H3;2*1H/t6-;;/m0../s1. The molecule has 6 heteroatoms. The van der Waals surface area contributed by atoms with Crippen molar-refractivity contribution in [2.45, 2.75) is 19.4 Å². The first-order valence-electron chi connectivity index (χ1n) is 3.92. The molecule has 1 aliphatic heterocycles. The Morgan fingerprint density at radius 3 is 2.54 bits per heavy atom. The predicted molar refractivity (Wildman–Crippen MR) is 54.4 cm³/mol. The lowest BCUT2D eigenvalue weighted by Crippen LogP contribution is -2.50. The molecule has 0 spiro atoms. The molecule has 1 aliphatic rings. The number of piperazine rings is 1. The molecule has 1 fully saturated rings. The van der Waals surface area contributed by atoms with Crippen molar-refractivity contribution < 1.29 is 8.78 Å². The maximum Gasteiger partial charge on any atom is 0.251 e. The molecule has 0 aromatic rings. The van der Waals surface area contributed by atoms with Crippen LogP contribution in [0.15, 0.2) is 0 Å². The second-order valence-electron chi connectivity index (χ2n) is 3.01. The number of hydrogen-bond donors (Lipinski definition) is 1. The van der Waals surface area contributed by atoms with Crippen molar-refractivity contribution in [3.8, 4) is 0 Å². The third-order valence-electron chi connectivity index (χ3n) is 1.85. The van der Waals surface area contributed by atoms with E-state index in [1.807, 2.05) is 6.92 Å². The first-order valence-corrected chi connectivity index (χ1v) is 3.92. The zero-order chi connectivity index (χ0) is 8.27. The van der Waals surface area contributed by atoms with E-state index in [0.717, 1.165) is 19.6 Å². The van der Waals surface area contributed by atoms with E-state index >= 15 is 0 Å². The summed E-state index contributed by atoms with van der Waals surface area (Å²) in [5.74, 6) is 0. The van der Waals surface area contributed by atoms with E-state index in [-0.39, 0.29) is 31.4 Å². The molecular weight excluding hydrogens is 221 g/mol. The van der Waals surface area contributed by atoms with E-state index in [1.54, 1.807) is 4.90 Å². The highest BCUT2D eigenvalue weighted by Crippen LogP contribution is 2.02. The van der Waals surface area contributed by atoms with Gasteiger partial charge in [-0.05, 0) is 6.92 Å². The van der Waals surface area contributed by atoms with Gasteiger partial charge in [0.15, 0.2) is 0 Å². The number of rotatable bonds is 2. The Labute approximate surface area is 89.9 Å². The monoisotopic (exact) mass is 236 g/mol. The largest absolute Gasteiger partial charge is 0.312 e. The first kappa shape index (κ1) is 15.8. The second kappa shape index (κ2) is 7.74. The molecule has 1 saturated heterocycles. The van der Waals surface area contributed by atoms with Gasteiger partial charge in [0.1, 0.15) is 0 Å². The summed E-state index contributed by atoms with van der Waals surface area (Å²) in [6.07, 6.45) is -2.19. The summed E-state index contributed by atoms with van der Waals surface area (Å²) in [6.45, 7) is 4.25. The molecule has 0 radical (unpaired) electrons. The van der Waals surface area contributed by atoms with Gasteiger partial charge in [-0.15, -0.1) is 24.8 Å². The number of hydrogen-bond acceptors (Lipinski definition) is 2. The lowest BCUT2D eigenvalue weighted by atomic mass is 10.2. The van der Waals surface area contributed by atoms with Crippen LogP contribution in [-0.2, 0) is 0 Å². The van der Waals surface area contributed by atoms with Gasteiger partial charge in [-0.25, -0.2) is 8.78 Å². The van der Waals surface area contributed by atoms with Gasteiger partial charge < -0.3 is 5.32 Å². The van der Waals surface area contributed by atoms with Crippen LogP contribution in [0.5, 0.6) is 0 Å². The zero-order valence-corrected chi connectivity index (χ0v) is 9.14. The van der Waals surface area contributed by atoms with E-state index in [4.69, 9.17) is 0 Å². The Balaban J connectivity index is 0. The van der Waals surface area contributed by atoms with Crippen LogP contribution in [-0.4, -0.2) is 43.5 Å². The minimum Gasteiger partial charge on any atom is -0.312 e. The summed E-state index contributed by atoms with van der Waals surface area (Å²) in [4.78, 5) is 1.80. The summed E-state index contributed by atoms with van der Waals surface area (Å²) in [5, 5.41) is 3.20. The van der Waals surface area contributed by atoms with Gasteiger partial charge in [0.2, 0.25) is 0 Å². The van der Waals surface area contributed by atoms with Crippen LogP contribution in [0.1, 0.15) is 6.92 Å². The summed E-state index contributed by atoms with van der Waals surface area (Å²) >= 11 is 0. The average molecular weight is 237 g/mol. The molecule has 1 atom stereocenters. The topological polar surface area (TPSA) is 15.3 Å². The first-order chi connectivity index (χ1) is 5.18. The van der Waals surface area contributed by atoms with Crippen molar-refractivity contribution >= 4 is 24.8 Å². The van der Waals surface area contributed by atoms with Crippen molar-refractivity contribution in [2.75, 3.05) is 26.2 Å². The number of alkyl halides is 2. The summed E-state index contributed by atoms with van der Waals surface area (Å²) in [6, 6.07) is 0.350. The molecule has 2 nitrogen and oxygen atoms in total. The molecule has 0 bridgehead atoms. The van der Waals surface area contributed by atoms with E-state index in [9.17, 15) is 8.78 Å². The molecule has 1 heterocycles. The van der Waals surface area contributed by atoms with Crippen molar-refractivity contribution in [2.24, 2.45) is 0 Å². The Morgan fingerprint density at radius 2 is 2.08 bits per heavy atom. The Kier molecular flexibility index (Phi) is 9.41. The third-order valence-corrected chi connectivity index (χ3v) is 1.85. The van der Waals surface area contributed by atoms with Crippen LogP contribution >= 0.6 is 24.8 Å². The molecule has 0 saturated carbocycles. The van der Waals surface area contributed by atoms with Crippen LogP contribution in [0.2, 0.25) is 0 Å². The van der Waals surface area contributed by atoms with Crippen molar-refractivity contribution in [1.29, 1.82) is 0 Å². The molecule has 13 heavy (non-hydrogen) atoms. The quantitative estimate of drug-likeness (QED) is 0.780. The molecule has 0 aromatic heterocycles. The highest BCUT2D eigenvalue weighted by molar-refractivity contribution is 5.85. The van der Waals surface area contributed by atoms with Gasteiger partial charge in [-0.3, -0.25) is 4.90 Å². The lowest BCUT2D eigenvalue weighted by Gasteiger charge is -2.31. The van der Waals surface area contributed by atoms with E-state index in [0.29, 0.717) is 6.04 Å². The molecule has 0 unspecified atom stereocenters. The molecule has 0 aromatic carbocycles. The van der Waals surface area contributed by atoms with E-state index in [1.165, 1.54) is 0 Å². The predicted octanol–water partition coefficient (Wildman–Crippen LogP) is 1.39. The van der Waals surface area contributed by atoms with Gasteiger partial charge in [-0.1, -0.05) is 0 Å². The maximum absolute atomic E-state index is 11.9. The second-order valence-corrected chi connectivity index (χ2v) is 3.01. The minimum atomic E-state index is -2.19. The fourth-order valence-corrected chi connectivity index (χ4v) is 1.37. The van der Waals surface area contributed by atoms with Gasteiger partial charge in [0, 0.05) is 25.7 Å². The molecule has 0 aliphatic carbocycles. The van der Waals surface area contributed by atoms with Crippen molar-refractivity contribution in [3.63, 3.8) is 0 Å². The van der Waals surface area contributed by atoms with E-state index in [2.05, 4.69) is 5.32 Å². The molecular formula is C7H16Cl2F2N2. The summed E-state index contributed by atoms with van der Waals surface area (Å²) in [7, 11) is 0. The maximum atomic E-state index is 11.9. The van der Waals surface area contributed by atoms with Crippen LogP contribution in [0.4, 0.5) is 8.78 Å². The van der Waals surface area contributed by atoms with Crippen LogP contribution in [0, 0.1) is 0 Å². The molecule has 1 rings (SSSR count). The number of halogens is 4.